The first-order valence-corrected chi connectivity index (χ1v) is 7.17. The van der Waals surface area contributed by atoms with E-state index in [9.17, 15) is 5.11 Å². The average molecular weight is 253 g/mol. The Bertz CT molecular complexity index is 370. The lowest BCUT2D eigenvalue weighted by molar-refractivity contribution is -0.0734. The van der Waals surface area contributed by atoms with Crippen LogP contribution < -0.4 is 5.32 Å². The average Bonchev–Trinajstić information content (AvgIpc) is 2.77. The molecule has 2 nitrogen and oxygen atoms in total. The molecular weight excluding hydrogens is 230 g/mol. The fraction of sp³-hybridized carbons (Fsp3) is 0.714. The van der Waals surface area contributed by atoms with Gasteiger partial charge < -0.3 is 10.4 Å². The van der Waals surface area contributed by atoms with Gasteiger partial charge in [-0.3, -0.25) is 0 Å². The molecule has 2 N–H and O–H groups in total. The Hall–Kier alpha value is -0.380. The van der Waals surface area contributed by atoms with Crippen LogP contribution in [0.25, 0.3) is 0 Å². The highest BCUT2D eigenvalue weighted by atomic mass is 32.1. The van der Waals surface area contributed by atoms with Crippen molar-refractivity contribution in [2.24, 2.45) is 5.41 Å². The summed E-state index contributed by atoms with van der Waals surface area (Å²) in [5, 5.41) is 15.5. The zero-order valence-corrected chi connectivity index (χ0v) is 12.0. The lowest BCUT2D eigenvalue weighted by Gasteiger charge is -2.50. The van der Waals surface area contributed by atoms with E-state index in [4.69, 9.17) is 0 Å². The Labute approximate surface area is 108 Å². The molecular formula is C14H23NOS. The van der Waals surface area contributed by atoms with Crippen molar-refractivity contribution in [1.29, 1.82) is 0 Å². The predicted octanol–water partition coefficient (Wildman–Crippen LogP) is 2.77. The fourth-order valence-corrected chi connectivity index (χ4v) is 3.23. The second-order valence-corrected chi connectivity index (χ2v) is 7.32. The SMILES string of the molecule is CC(C)(CNC1CC(O)C1(C)C)c1cccs1. The lowest BCUT2D eigenvalue weighted by Crippen LogP contribution is -2.61. The van der Waals surface area contributed by atoms with E-state index in [1.54, 1.807) is 0 Å². The maximum absolute atomic E-state index is 9.72. The highest BCUT2D eigenvalue weighted by Gasteiger charge is 2.47. The highest BCUT2D eigenvalue weighted by Crippen LogP contribution is 2.41. The quantitative estimate of drug-likeness (QED) is 0.865. The summed E-state index contributed by atoms with van der Waals surface area (Å²) in [5.41, 5.74) is 0.191. The van der Waals surface area contributed by atoms with Gasteiger partial charge in [0.15, 0.2) is 0 Å². The van der Waals surface area contributed by atoms with Crippen LogP contribution in [0.3, 0.4) is 0 Å². The molecule has 1 aliphatic rings. The zero-order valence-electron chi connectivity index (χ0n) is 11.2. The Balaban J connectivity index is 1.91. The molecule has 1 fully saturated rings. The Morgan fingerprint density at radius 1 is 1.53 bits per heavy atom. The molecule has 0 spiro atoms. The number of aliphatic hydroxyl groups is 1. The van der Waals surface area contributed by atoms with Gasteiger partial charge in [-0.2, -0.15) is 0 Å². The van der Waals surface area contributed by atoms with Gasteiger partial charge in [0.05, 0.1) is 6.10 Å². The maximum atomic E-state index is 9.72. The standard InChI is InChI=1S/C14H23NOS/c1-13(2,12-6-5-7-17-12)9-15-10-8-11(16)14(10,3)4/h5-7,10-11,15-16H,8-9H2,1-4H3. The van der Waals surface area contributed by atoms with Gasteiger partial charge in [-0.05, 0) is 17.9 Å². The monoisotopic (exact) mass is 253 g/mol. The van der Waals surface area contributed by atoms with E-state index in [2.05, 4.69) is 50.5 Å². The van der Waals surface area contributed by atoms with Crippen molar-refractivity contribution < 1.29 is 5.11 Å². The number of hydrogen-bond acceptors (Lipinski definition) is 3. The number of nitrogens with one attached hydrogen (secondary N) is 1. The van der Waals surface area contributed by atoms with Gasteiger partial charge >= 0.3 is 0 Å². The van der Waals surface area contributed by atoms with E-state index >= 15 is 0 Å². The topological polar surface area (TPSA) is 32.3 Å². The summed E-state index contributed by atoms with van der Waals surface area (Å²) >= 11 is 1.82. The molecule has 0 aliphatic heterocycles. The molecule has 3 heteroatoms. The van der Waals surface area contributed by atoms with E-state index in [1.165, 1.54) is 4.88 Å². The zero-order chi connectivity index (χ0) is 12.7. The Morgan fingerprint density at radius 2 is 2.24 bits per heavy atom. The smallest absolute Gasteiger partial charge is 0.0621 e. The van der Waals surface area contributed by atoms with Crippen LogP contribution in [-0.2, 0) is 5.41 Å². The van der Waals surface area contributed by atoms with Gasteiger partial charge in [0.1, 0.15) is 0 Å². The molecule has 0 radical (unpaired) electrons. The highest BCUT2D eigenvalue weighted by molar-refractivity contribution is 7.10. The molecule has 1 aliphatic carbocycles. The molecule has 0 bridgehead atoms. The normalized spacial score (nSPS) is 27.8. The number of hydrogen-bond donors (Lipinski definition) is 2. The minimum Gasteiger partial charge on any atom is -0.392 e. The van der Waals surface area contributed by atoms with E-state index in [-0.39, 0.29) is 16.9 Å². The van der Waals surface area contributed by atoms with Crippen LogP contribution in [0.1, 0.15) is 39.0 Å². The van der Waals surface area contributed by atoms with E-state index in [0.717, 1.165) is 13.0 Å². The second-order valence-electron chi connectivity index (χ2n) is 6.37. The van der Waals surface area contributed by atoms with Gasteiger partial charge in [0, 0.05) is 28.3 Å². The molecule has 2 unspecified atom stereocenters. The molecule has 0 amide bonds. The second kappa shape index (κ2) is 4.38. The molecule has 2 rings (SSSR count). The van der Waals surface area contributed by atoms with Crippen LogP contribution in [-0.4, -0.2) is 23.8 Å². The van der Waals surface area contributed by atoms with Crippen molar-refractivity contribution in [1.82, 2.24) is 5.32 Å². The first-order valence-electron chi connectivity index (χ1n) is 6.29. The third kappa shape index (κ3) is 2.42. The molecule has 0 saturated heterocycles. The Morgan fingerprint density at radius 3 is 2.71 bits per heavy atom. The molecule has 1 saturated carbocycles. The van der Waals surface area contributed by atoms with Gasteiger partial charge in [0.25, 0.3) is 0 Å². The van der Waals surface area contributed by atoms with Crippen molar-refractivity contribution in [3.63, 3.8) is 0 Å². The lowest BCUT2D eigenvalue weighted by atomic mass is 9.64. The summed E-state index contributed by atoms with van der Waals surface area (Å²) in [6.45, 7) is 9.78. The molecule has 1 aromatic rings. The van der Waals surface area contributed by atoms with Crippen molar-refractivity contribution in [2.75, 3.05) is 6.54 Å². The molecule has 2 atom stereocenters. The summed E-state index contributed by atoms with van der Waals surface area (Å²) in [5.74, 6) is 0. The Kier molecular flexibility index (Phi) is 3.36. The number of rotatable bonds is 4. The summed E-state index contributed by atoms with van der Waals surface area (Å²) in [6.07, 6.45) is 0.734. The van der Waals surface area contributed by atoms with Crippen LogP contribution in [0.2, 0.25) is 0 Å². The van der Waals surface area contributed by atoms with Crippen molar-refractivity contribution in [3.05, 3.63) is 22.4 Å². The molecule has 17 heavy (non-hydrogen) atoms. The van der Waals surface area contributed by atoms with Gasteiger partial charge in [-0.1, -0.05) is 33.8 Å². The van der Waals surface area contributed by atoms with Crippen LogP contribution in [0.15, 0.2) is 17.5 Å². The summed E-state index contributed by atoms with van der Waals surface area (Å²) in [6, 6.07) is 4.75. The van der Waals surface area contributed by atoms with E-state index < -0.39 is 0 Å². The molecule has 96 valence electrons. The predicted molar refractivity (Wildman–Crippen MR) is 73.5 cm³/mol. The van der Waals surface area contributed by atoms with Gasteiger partial charge in [-0.15, -0.1) is 11.3 Å². The van der Waals surface area contributed by atoms with Crippen LogP contribution in [0.5, 0.6) is 0 Å². The van der Waals surface area contributed by atoms with Crippen LogP contribution in [0, 0.1) is 5.41 Å². The molecule has 1 heterocycles. The maximum Gasteiger partial charge on any atom is 0.0621 e. The first-order chi connectivity index (χ1) is 7.84. The van der Waals surface area contributed by atoms with Crippen molar-refractivity contribution >= 4 is 11.3 Å². The molecule has 1 aromatic heterocycles. The molecule has 0 aromatic carbocycles. The number of aliphatic hydroxyl groups excluding tert-OH is 1. The third-order valence-corrected chi connectivity index (χ3v) is 5.43. The first kappa shape index (κ1) is 13.1. The van der Waals surface area contributed by atoms with E-state index in [1.807, 2.05) is 11.3 Å². The van der Waals surface area contributed by atoms with E-state index in [0.29, 0.717) is 6.04 Å². The fourth-order valence-electron chi connectivity index (χ4n) is 2.38. The largest absolute Gasteiger partial charge is 0.392 e. The number of thiophene rings is 1. The van der Waals surface area contributed by atoms with Gasteiger partial charge in [0.2, 0.25) is 0 Å². The minimum absolute atomic E-state index is 0.0194. The summed E-state index contributed by atoms with van der Waals surface area (Å²) in [7, 11) is 0. The summed E-state index contributed by atoms with van der Waals surface area (Å²) < 4.78 is 0. The van der Waals surface area contributed by atoms with Crippen LogP contribution >= 0.6 is 11.3 Å². The summed E-state index contributed by atoms with van der Waals surface area (Å²) in [4.78, 5) is 1.42. The third-order valence-electron chi connectivity index (χ3n) is 4.19. The van der Waals surface area contributed by atoms with Crippen molar-refractivity contribution in [3.8, 4) is 0 Å². The van der Waals surface area contributed by atoms with Gasteiger partial charge in [-0.25, -0.2) is 0 Å². The minimum atomic E-state index is -0.148. The van der Waals surface area contributed by atoms with Crippen molar-refractivity contribution in [2.45, 2.75) is 51.7 Å². The van der Waals surface area contributed by atoms with Crippen LogP contribution in [0.4, 0.5) is 0 Å².